The molecule has 1 rings (SSSR count). The van der Waals surface area contributed by atoms with Gasteiger partial charge in [0.15, 0.2) is 0 Å². The number of hydrogen-bond donors (Lipinski definition) is 2. The second-order valence-corrected chi connectivity index (χ2v) is 5.78. The maximum Gasteiger partial charge on any atom is 0.252 e. The van der Waals surface area contributed by atoms with Gasteiger partial charge in [0.2, 0.25) is 5.91 Å². The lowest BCUT2D eigenvalue weighted by Gasteiger charge is -2.05. The Labute approximate surface area is 118 Å². The fourth-order valence-corrected chi connectivity index (χ4v) is 2.34. The monoisotopic (exact) mass is 334 g/mol. The first kappa shape index (κ1) is 15.1. The Morgan fingerprint density at radius 2 is 2.17 bits per heavy atom. The predicted octanol–water partition coefficient (Wildman–Crippen LogP) is 1.39. The average molecular weight is 335 g/mol. The molecule has 0 atom stereocenters. The highest BCUT2D eigenvalue weighted by molar-refractivity contribution is 9.11. The number of methoxy groups -OCH3 is 1. The van der Waals surface area contributed by atoms with Gasteiger partial charge >= 0.3 is 0 Å². The fraction of sp³-hybridized carbons (Fsp3) is 0.455. The van der Waals surface area contributed by atoms with Crippen molar-refractivity contribution in [3.05, 3.63) is 20.8 Å². The van der Waals surface area contributed by atoms with Crippen molar-refractivity contribution in [2.24, 2.45) is 0 Å². The van der Waals surface area contributed by atoms with Gasteiger partial charge in [-0.25, -0.2) is 0 Å². The summed E-state index contributed by atoms with van der Waals surface area (Å²) in [6.07, 6.45) is 0.265. The van der Waals surface area contributed by atoms with Crippen LogP contribution in [0.3, 0.4) is 0 Å². The number of ether oxygens (including phenoxy) is 1. The zero-order chi connectivity index (χ0) is 13.4. The molecule has 2 amide bonds. The molecule has 0 bridgehead atoms. The number of nitrogens with one attached hydrogen (secondary N) is 2. The van der Waals surface area contributed by atoms with E-state index >= 15 is 0 Å². The van der Waals surface area contributed by atoms with Gasteiger partial charge in [0.05, 0.1) is 16.0 Å². The summed E-state index contributed by atoms with van der Waals surface area (Å²) in [5.41, 5.74) is 0.603. The highest BCUT2D eigenvalue weighted by Gasteiger charge is 2.08. The van der Waals surface area contributed by atoms with Gasteiger partial charge < -0.3 is 15.4 Å². The zero-order valence-electron chi connectivity index (χ0n) is 9.99. The van der Waals surface area contributed by atoms with Crippen LogP contribution in [0.25, 0.3) is 0 Å². The SMILES string of the molecule is COCCNC(=O)CCNC(=O)c1csc(Br)c1. The topological polar surface area (TPSA) is 67.4 Å². The normalized spacial score (nSPS) is 10.1. The Balaban J connectivity index is 2.17. The van der Waals surface area contributed by atoms with Crippen LogP contribution in [0.15, 0.2) is 15.2 Å². The second kappa shape index (κ2) is 8.23. The minimum absolute atomic E-state index is 0.0983. The number of carbonyl (C=O) groups excluding carboxylic acids is 2. The summed E-state index contributed by atoms with van der Waals surface area (Å²) >= 11 is 4.74. The van der Waals surface area contributed by atoms with Crippen molar-refractivity contribution in [3.8, 4) is 0 Å². The van der Waals surface area contributed by atoms with Crippen LogP contribution >= 0.6 is 27.3 Å². The first-order chi connectivity index (χ1) is 8.63. The van der Waals surface area contributed by atoms with Crippen LogP contribution in [-0.2, 0) is 9.53 Å². The molecule has 100 valence electrons. The Hall–Kier alpha value is -0.920. The number of hydrogen-bond acceptors (Lipinski definition) is 4. The molecule has 18 heavy (non-hydrogen) atoms. The Morgan fingerprint density at radius 1 is 1.39 bits per heavy atom. The van der Waals surface area contributed by atoms with Gasteiger partial charge in [0.25, 0.3) is 5.91 Å². The maximum atomic E-state index is 11.6. The molecule has 0 saturated carbocycles. The summed E-state index contributed by atoms with van der Waals surface area (Å²) in [5, 5.41) is 7.13. The van der Waals surface area contributed by atoms with Gasteiger partial charge in [-0.3, -0.25) is 9.59 Å². The van der Waals surface area contributed by atoms with Crippen LogP contribution in [0, 0.1) is 0 Å². The lowest BCUT2D eigenvalue weighted by Crippen LogP contribution is -2.32. The van der Waals surface area contributed by atoms with Gasteiger partial charge in [-0.15, -0.1) is 11.3 Å². The minimum Gasteiger partial charge on any atom is -0.383 e. The molecule has 0 saturated heterocycles. The molecule has 0 aliphatic heterocycles. The standard InChI is InChI=1S/C11H15BrN2O3S/c1-17-5-4-13-10(15)2-3-14-11(16)8-6-9(12)18-7-8/h6-7H,2-5H2,1H3,(H,13,15)(H,14,16). The molecule has 0 spiro atoms. The van der Waals surface area contributed by atoms with Gasteiger partial charge in [0.1, 0.15) is 0 Å². The number of thiophene rings is 1. The van der Waals surface area contributed by atoms with E-state index in [1.165, 1.54) is 11.3 Å². The Kier molecular flexibility index (Phi) is 6.92. The first-order valence-corrected chi connectivity index (χ1v) is 7.08. The summed E-state index contributed by atoms with van der Waals surface area (Å²) < 4.78 is 5.71. The van der Waals surface area contributed by atoms with E-state index < -0.39 is 0 Å². The number of halogens is 1. The van der Waals surface area contributed by atoms with E-state index in [-0.39, 0.29) is 18.2 Å². The summed E-state index contributed by atoms with van der Waals surface area (Å²) in [5.74, 6) is -0.263. The molecule has 7 heteroatoms. The van der Waals surface area contributed by atoms with Crippen LogP contribution in [0.1, 0.15) is 16.8 Å². The van der Waals surface area contributed by atoms with Crippen molar-refractivity contribution in [1.82, 2.24) is 10.6 Å². The van der Waals surface area contributed by atoms with Crippen molar-refractivity contribution in [3.63, 3.8) is 0 Å². The Morgan fingerprint density at radius 3 is 2.78 bits per heavy atom. The average Bonchev–Trinajstić information content (AvgIpc) is 2.76. The molecule has 0 unspecified atom stereocenters. The van der Waals surface area contributed by atoms with Gasteiger partial charge in [-0.1, -0.05) is 0 Å². The number of carbonyl (C=O) groups is 2. The zero-order valence-corrected chi connectivity index (χ0v) is 12.4. The van der Waals surface area contributed by atoms with E-state index in [2.05, 4.69) is 26.6 Å². The Bertz CT molecular complexity index is 409. The molecule has 1 heterocycles. The van der Waals surface area contributed by atoms with Crippen molar-refractivity contribution < 1.29 is 14.3 Å². The molecule has 2 N–H and O–H groups in total. The fourth-order valence-electron chi connectivity index (χ4n) is 1.20. The third-order valence-corrected chi connectivity index (χ3v) is 3.60. The molecule has 0 fully saturated rings. The van der Waals surface area contributed by atoms with E-state index in [4.69, 9.17) is 4.74 Å². The van der Waals surface area contributed by atoms with Gasteiger partial charge in [-0.05, 0) is 22.0 Å². The highest BCUT2D eigenvalue weighted by atomic mass is 79.9. The summed E-state index contributed by atoms with van der Waals surface area (Å²) in [6, 6.07) is 1.75. The molecule has 0 aromatic carbocycles. The predicted molar refractivity (Wildman–Crippen MR) is 73.9 cm³/mol. The van der Waals surface area contributed by atoms with Crippen LogP contribution in [0.2, 0.25) is 0 Å². The van der Waals surface area contributed by atoms with Gasteiger partial charge in [0, 0.05) is 32.0 Å². The van der Waals surface area contributed by atoms with Crippen LogP contribution < -0.4 is 10.6 Å². The first-order valence-electron chi connectivity index (χ1n) is 5.41. The quantitative estimate of drug-likeness (QED) is 0.740. The molecule has 0 aliphatic carbocycles. The van der Waals surface area contributed by atoms with Crippen LogP contribution in [0.4, 0.5) is 0 Å². The molecule has 0 aliphatic rings. The van der Waals surface area contributed by atoms with Crippen LogP contribution in [0.5, 0.6) is 0 Å². The highest BCUT2D eigenvalue weighted by Crippen LogP contribution is 2.20. The second-order valence-electron chi connectivity index (χ2n) is 3.49. The molecule has 1 aromatic heterocycles. The molecule has 0 radical (unpaired) electrons. The van der Waals surface area contributed by atoms with Crippen molar-refractivity contribution in [2.45, 2.75) is 6.42 Å². The van der Waals surface area contributed by atoms with E-state index in [1.807, 2.05) is 0 Å². The number of amides is 2. The van der Waals surface area contributed by atoms with Crippen molar-refractivity contribution >= 4 is 39.1 Å². The maximum absolute atomic E-state index is 11.6. The molecule has 1 aromatic rings. The van der Waals surface area contributed by atoms with Crippen LogP contribution in [-0.4, -0.2) is 38.6 Å². The van der Waals surface area contributed by atoms with Gasteiger partial charge in [-0.2, -0.15) is 0 Å². The number of rotatable bonds is 7. The van der Waals surface area contributed by atoms with Crippen molar-refractivity contribution in [2.75, 3.05) is 26.8 Å². The molecular formula is C11H15BrN2O3S. The summed E-state index contributed by atoms with van der Waals surface area (Å²) in [6.45, 7) is 1.30. The molecule has 5 nitrogen and oxygen atoms in total. The largest absolute Gasteiger partial charge is 0.383 e. The smallest absolute Gasteiger partial charge is 0.252 e. The lowest BCUT2D eigenvalue weighted by atomic mass is 10.3. The summed E-state index contributed by atoms with van der Waals surface area (Å²) in [7, 11) is 1.57. The van der Waals surface area contributed by atoms with E-state index in [0.717, 1.165) is 3.79 Å². The third kappa shape index (κ3) is 5.61. The van der Waals surface area contributed by atoms with E-state index in [9.17, 15) is 9.59 Å². The molecular weight excluding hydrogens is 320 g/mol. The van der Waals surface area contributed by atoms with E-state index in [1.54, 1.807) is 18.6 Å². The minimum atomic E-state index is -0.165. The van der Waals surface area contributed by atoms with Crippen molar-refractivity contribution in [1.29, 1.82) is 0 Å². The summed E-state index contributed by atoms with van der Waals surface area (Å²) in [4.78, 5) is 22.9. The third-order valence-electron chi connectivity index (χ3n) is 2.10. The lowest BCUT2D eigenvalue weighted by molar-refractivity contribution is -0.121. The van der Waals surface area contributed by atoms with E-state index in [0.29, 0.717) is 25.3 Å².